The van der Waals surface area contributed by atoms with Crippen LogP contribution in [0.4, 0.5) is 11.4 Å². The van der Waals surface area contributed by atoms with Gasteiger partial charge in [-0.2, -0.15) is 0 Å². The third kappa shape index (κ3) is 9.67. The van der Waals surface area contributed by atoms with Crippen molar-refractivity contribution in [1.82, 2.24) is 0 Å². The number of benzene rings is 1. The highest BCUT2D eigenvalue weighted by molar-refractivity contribution is 5.79. The first-order valence-electron chi connectivity index (χ1n) is 7.89. The molecule has 6 nitrogen and oxygen atoms in total. The van der Waals surface area contributed by atoms with Crippen LogP contribution in [0.15, 0.2) is 76.5 Å². The highest BCUT2D eigenvalue weighted by Gasteiger charge is 1.99. The van der Waals surface area contributed by atoms with Crippen LogP contribution < -0.4 is 15.8 Å². The molecule has 0 amide bonds. The Labute approximate surface area is 155 Å². The van der Waals surface area contributed by atoms with Crippen molar-refractivity contribution in [2.75, 3.05) is 19.5 Å². The maximum atomic E-state index is 6.94. The number of ether oxygens (including phenoxy) is 1. The van der Waals surface area contributed by atoms with Crippen molar-refractivity contribution in [1.29, 1.82) is 5.41 Å². The summed E-state index contributed by atoms with van der Waals surface area (Å²) in [5, 5.41) is 9.95. The fraction of sp³-hybridized carbons (Fsp3) is 0.150. The van der Waals surface area contributed by atoms with Gasteiger partial charge >= 0.3 is 0 Å². The first-order valence-corrected chi connectivity index (χ1v) is 7.89. The first-order chi connectivity index (χ1) is 12.7. The van der Waals surface area contributed by atoms with Gasteiger partial charge in [0.2, 0.25) is 0 Å². The highest BCUT2D eigenvalue weighted by Crippen LogP contribution is 2.28. The maximum absolute atomic E-state index is 6.94. The molecule has 26 heavy (non-hydrogen) atoms. The summed E-state index contributed by atoms with van der Waals surface area (Å²) in [5.41, 5.74) is 7.65. The molecule has 0 fully saturated rings. The summed E-state index contributed by atoms with van der Waals surface area (Å²) in [7, 11) is 3.47. The van der Waals surface area contributed by atoms with Crippen molar-refractivity contribution in [2.24, 2.45) is 15.7 Å². The average molecular weight is 353 g/mol. The molecule has 1 aromatic rings. The van der Waals surface area contributed by atoms with Gasteiger partial charge in [0, 0.05) is 43.5 Å². The number of nitrogens with two attached hydrogens (primary N) is 1. The van der Waals surface area contributed by atoms with Crippen LogP contribution in [0, 0.1) is 5.41 Å². The van der Waals surface area contributed by atoms with Gasteiger partial charge in [0.1, 0.15) is 5.75 Å². The molecule has 1 rings (SSSR count). The molecular weight excluding hydrogens is 326 g/mol. The van der Waals surface area contributed by atoms with E-state index in [1.165, 1.54) is 12.4 Å². The zero-order valence-electron chi connectivity index (χ0n) is 15.5. The van der Waals surface area contributed by atoms with E-state index in [2.05, 4.69) is 22.0 Å². The molecule has 0 radical (unpaired) electrons. The Bertz CT molecular complexity index is 700. The van der Waals surface area contributed by atoms with Gasteiger partial charge in [-0.15, -0.1) is 0 Å². The second-order valence-electron chi connectivity index (χ2n) is 4.63. The minimum Gasteiger partial charge on any atom is -0.497 e. The van der Waals surface area contributed by atoms with Crippen LogP contribution in [0.1, 0.15) is 6.92 Å². The van der Waals surface area contributed by atoms with Crippen molar-refractivity contribution in [3.05, 3.63) is 66.6 Å². The number of nitrogens with zero attached hydrogens (tertiary/aromatic N) is 2. The van der Waals surface area contributed by atoms with Gasteiger partial charge in [-0.1, -0.05) is 18.2 Å². The van der Waals surface area contributed by atoms with E-state index in [1.54, 1.807) is 37.8 Å². The van der Waals surface area contributed by atoms with Crippen LogP contribution in [0.2, 0.25) is 0 Å². The number of hydrogen-bond donors (Lipinski definition) is 3. The number of nitrogens with one attached hydrogen (secondary N) is 2. The van der Waals surface area contributed by atoms with Crippen molar-refractivity contribution in [3.8, 4) is 5.75 Å². The highest BCUT2D eigenvalue weighted by atomic mass is 16.5. The molecule has 0 aliphatic heterocycles. The molecule has 0 aromatic heterocycles. The quantitative estimate of drug-likeness (QED) is 0.481. The molecule has 138 valence electrons. The van der Waals surface area contributed by atoms with Gasteiger partial charge in [-0.25, -0.2) is 0 Å². The molecule has 0 atom stereocenters. The molecular formula is C20H27N5O. The molecule has 0 bridgehead atoms. The minimum absolute atomic E-state index is 0.659. The normalized spacial score (nSPS) is 11.7. The summed E-state index contributed by atoms with van der Waals surface area (Å²) >= 11 is 0. The van der Waals surface area contributed by atoms with Gasteiger partial charge < -0.3 is 21.2 Å². The van der Waals surface area contributed by atoms with Gasteiger partial charge in [-0.05, 0) is 37.9 Å². The topological polar surface area (TPSA) is 95.8 Å². The van der Waals surface area contributed by atoms with E-state index in [-0.39, 0.29) is 0 Å². The van der Waals surface area contributed by atoms with Crippen LogP contribution in [0.5, 0.6) is 5.75 Å². The Morgan fingerprint density at radius 3 is 2.62 bits per heavy atom. The molecule has 0 unspecified atom stereocenters. The van der Waals surface area contributed by atoms with Crippen molar-refractivity contribution in [3.63, 3.8) is 0 Å². The van der Waals surface area contributed by atoms with Crippen molar-refractivity contribution < 1.29 is 4.74 Å². The van der Waals surface area contributed by atoms with E-state index in [1.807, 2.05) is 44.3 Å². The Kier molecular flexibility index (Phi) is 13.2. The standard InChI is InChI=1S/C11H15N3.C9H12N2O/c1-2-3-7-14-8-5-4-6-11(9-12)10-13;1-10-8-5-4-7(12-3)6-9(8)11-2/h2-10,12H,13H2,1H3;4-6,11H,1H2,2-3H3/b3-2-,6-4+,8-5+,11-10-,12-9?,14-7-;. The van der Waals surface area contributed by atoms with Gasteiger partial charge in [0.15, 0.2) is 0 Å². The minimum atomic E-state index is 0.659. The largest absolute Gasteiger partial charge is 0.497 e. The van der Waals surface area contributed by atoms with E-state index < -0.39 is 0 Å². The Balaban J connectivity index is 0.000000485. The lowest BCUT2D eigenvalue weighted by Gasteiger charge is -2.06. The average Bonchev–Trinajstić information content (AvgIpc) is 2.70. The Morgan fingerprint density at radius 1 is 1.31 bits per heavy atom. The van der Waals surface area contributed by atoms with Crippen LogP contribution in [0.3, 0.4) is 0 Å². The SMILES string of the molecule is C=Nc1ccc(OC)cc1NC.C\C=C/C=N\C=C\C=C\C(C=N)=C\N. The zero-order chi connectivity index (χ0) is 19.6. The fourth-order valence-corrected chi connectivity index (χ4v) is 1.58. The van der Waals surface area contributed by atoms with E-state index in [9.17, 15) is 0 Å². The van der Waals surface area contributed by atoms with Crippen molar-refractivity contribution >= 4 is 30.5 Å². The van der Waals surface area contributed by atoms with Crippen LogP contribution >= 0.6 is 0 Å². The zero-order valence-corrected chi connectivity index (χ0v) is 15.5. The number of anilines is 1. The molecule has 0 saturated heterocycles. The lowest BCUT2D eigenvalue weighted by molar-refractivity contribution is 0.415. The molecule has 0 saturated carbocycles. The first kappa shape index (κ1) is 22.6. The van der Waals surface area contributed by atoms with E-state index in [0.29, 0.717) is 5.57 Å². The molecule has 0 aliphatic rings. The molecule has 0 aliphatic carbocycles. The lowest BCUT2D eigenvalue weighted by Crippen LogP contribution is -1.90. The summed E-state index contributed by atoms with van der Waals surface area (Å²) < 4.78 is 5.05. The second kappa shape index (κ2) is 15.1. The summed E-state index contributed by atoms with van der Waals surface area (Å²) in [6, 6.07) is 5.59. The molecule has 4 N–H and O–H groups in total. The molecule has 0 heterocycles. The lowest BCUT2D eigenvalue weighted by atomic mass is 10.2. The smallest absolute Gasteiger partial charge is 0.121 e. The van der Waals surface area contributed by atoms with Crippen molar-refractivity contribution in [2.45, 2.75) is 6.92 Å². The van der Waals surface area contributed by atoms with Crippen LogP contribution in [-0.2, 0) is 0 Å². The summed E-state index contributed by atoms with van der Waals surface area (Å²) in [6.07, 6.45) is 14.9. The van der Waals surface area contributed by atoms with E-state index >= 15 is 0 Å². The predicted octanol–water partition coefficient (Wildman–Crippen LogP) is 4.26. The molecule has 0 spiro atoms. The molecule has 6 heteroatoms. The number of hydrogen-bond acceptors (Lipinski definition) is 6. The number of aliphatic imine (C=N–C) groups is 2. The van der Waals surface area contributed by atoms with Gasteiger partial charge in [-0.3, -0.25) is 9.98 Å². The monoisotopic (exact) mass is 353 g/mol. The fourth-order valence-electron chi connectivity index (χ4n) is 1.58. The number of methoxy groups -OCH3 is 1. The Hall–Kier alpha value is -3.41. The molecule has 1 aromatic carbocycles. The summed E-state index contributed by atoms with van der Waals surface area (Å²) in [5.74, 6) is 0.812. The predicted molar refractivity (Wildman–Crippen MR) is 114 cm³/mol. The second-order valence-corrected chi connectivity index (χ2v) is 4.63. The third-order valence-corrected chi connectivity index (χ3v) is 2.94. The Morgan fingerprint density at radius 2 is 2.08 bits per heavy atom. The van der Waals surface area contributed by atoms with Crippen LogP contribution in [0.25, 0.3) is 0 Å². The summed E-state index contributed by atoms with van der Waals surface area (Å²) in [4.78, 5) is 7.81. The van der Waals surface area contributed by atoms with E-state index in [4.69, 9.17) is 15.9 Å². The van der Waals surface area contributed by atoms with Gasteiger partial charge in [0.25, 0.3) is 0 Å². The maximum Gasteiger partial charge on any atom is 0.121 e. The van der Waals surface area contributed by atoms with Crippen LogP contribution in [-0.4, -0.2) is 33.3 Å². The van der Waals surface area contributed by atoms with E-state index in [0.717, 1.165) is 17.1 Å². The van der Waals surface area contributed by atoms with Gasteiger partial charge in [0.05, 0.1) is 18.5 Å². The third-order valence-electron chi connectivity index (χ3n) is 2.94. The number of rotatable bonds is 8. The summed E-state index contributed by atoms with van der Waals surface area (Å²) in [6.45, 7) is 5.39. The number of allylic oxidation sites excluding steroid dienone is 6.